The molecule has 0 aliphatic heterocycles. The number of methoxy groups -OCH3 is 1. The standard InChI is InChI=1S/C18H21NO4/c1-11-6-3-4-8-14(11)19-17(20)13-10-12-7-5-9-15(22-2)16(12)23-18(13)21/h5,7,9-11,14H,3-4,6,8H2,1-2H3,(H,19,20)/t11-,14+/m1/s1. The number of amides is 1. The fourth-order valence-corrected chi connectivity index (χ4v) is 3.21. The molecule has 0 radical (unpaired) electrons. The number of para-hydroxylation sites is 1. The first kappa shape index (κ1) is 15.6. The van der Waals surface area contributed by atoms with Crippen LogP contribution in [0.3, 0.4) is 0 Å². The summed E-state index contributed by atoms with van der Waals surface area (Å²) in [5.41, 5.74) is -0.228. The minimum atomic E-state index is -0.636. The Hall–Kier alpha value is -2.30. The van der Waals surface area contributed by atoms with Crippen LogP contribution in [0, 0.1) is 5.92 Å². The van der Waals surface area contributed by atoms with Gasteiger partial charge >= 0.3 is 5.63 Å². The first-order valence-corrected chi connectivity index (χ1v) is 8.02. The summed E-state index contributed by atoms with van der Waals surface area (Å²) < 4.78 is 10.5. The molecule has 0 bridgehead atoms. The molecule has 1 amide bonds. The van der Waals surface area contributed by atoms with Crippen molar-refractivity contribution in [2.24, 2.45) is 5.92 Å². The van der Waals surface area contributed by atoms with E-state index >= 15 is 0 Å². The van der Waals surface area contributed by atoms with E-state index in [1.54, 1.807) is 24.3 Å². The maximum absolute atomic E-state index is 12.5. The molecule has 23 heavy (non-hydrogen) atoms. The van der Waals surface area contributed by atoms with Crippen LogP contribution in [0.5, 0.6) is 5.75 Å². The molecule has 2 atom stereocenters. The molecular weight excluding hydrogens is 294 g/mol. The first-order chi connectivity index (χ1) is 11.1. The molecule has 1 saturated carbocycles. The van der Waals surface area contributed by atoms with E-state index in [4.69, 9.17) is 9.15 Å². The average Bonchev–Trinajstić information content (AvgIpc) is 2.55. The zero-order chi connectivity index (χ0) is 16.4. The number of nitrogens with one attached hydrogen (secondary N) is 1. The third-order valence-electron chi connectivity index (χ3n) is 4.62. The SMILES string of the molecule is COc1cccc2cc(C(=O)N[C@H]3CCCC[C@H]3C)c(=O)oc12. The zero-order valence-electron chi connectivity index (χ0n) is 13.4. The van der Waals surface area contributed by atoms with Gasteiger partial charge in [-0.15, -0.1) is 0 Å². The summed E-state index contributed by atoms with van der Waals surface area (Å²) in [5, 5.41) is 3.66. The van der Waals surface area contributed by atoms with Gasteiger partial charge in [-0.05, 0) is 30.9 Å². The van der Waals surface area contributed by atoms with Crippen molar-refractivity contribution in [3.63, 3.8) is 0 Å². The van der Waals surface area contributed by atoms with Gasteiger partial charge in [0.1, 0.15) is 5.56 Å². The molecule has 0 saturated heterocycles. The number of fused-ring (bicyclic) bond motifs is 1. The molecule has 1 fully saturated rings. The predicted molar refractivity (Wildman–Crippen MR) is 87.9 cm³/mol. The van der Waals surface area contributed by atoms with Crippen LogP contribution >= 0.6 is 0 Å². The summed E-state index contributed by atoms with van der Waals surface area (Å²) in [5.74, 6) is 0.551. The van der Waals surface area contributed by atoms with E-state index in [1.807, 2.05) is 0 Å². The number of carbonyl (C=O) groups excluding carboxylic acids is 1. The molecule has 1 aliphatic rings. The lowest BCUT2D eigenvalue weighted by Gasteiger charge is -2.29. The van der Waals surface area contributed by atoms with Crippen LogP contribution in [0.25, 0.3) is 11.0 Å². The molecule has 5 heteroatoms. The summed E-state index contributed by atoms with van der Waals surface area (Å²) in [6.45, 7) is 2.14. The van der Waals surface area contributed by atoms with Crippen LogP contribution in [0.2, 0.25) is 0 Å². The molecule has 0 unspecified atom stereocenters. The number of carbonyl (C=O) groups is 1. The Labute approximate surface area is 134 Å². The van der Waals surface area contributed by atoms with E-state index in [-0.39, 0.29) is 17.5 Å². The van der Waals surface area contributed by atoms with E-state index in [1.165, 1.54) is 13.5 Å². The monoisotopic (exact) mass is 315 g/mol. The topological polar surface area (TPSA) is 68.5 Å². The minimum Gasteiger partial charge on any atom is -0.493 e. The van der Waals surface area contributed by atoms with Gasteiger partial charge in [0.05, 0.1) is 7.11 Å². The van der Waals surface area contributed by atoms with Crippen LogP contribution < -0.4 is 15.7 Å². The Morgan fingerprint density at radius 1 is 1.30 bits per heavy atom. The third-order valence-corrected chi connectivity index (χ3v) is 4.62. The Morgan fingerprint density at radius 3 is 2.83 bits per heavy atom. The van der Waals surface area contributed by atoms with Gasteiger partial charge in [0.2, 0.25) is 0 Å². The highest BCUT2D eigenvalue weighted by Gasteiger charge is 2.25. The van der Waals surface area contributed by atoms with Crippen molar-refractivity contribution in [1.82, 2.24) is 5.32 Å². The first-order valence-electron chi connectivity index (χ1n) is 8.02. The smallest absolute Gasteiger partial charge is 0.349 e. The maximum atomic E-state index is 12.5. The van der Waals surface area contributed by atoms with Crippen LogP contribution in [-0.4, -0.2) is 19.1 Å². The lowest BCUT2D eigenvalue weighted by molar-refractivity contribution is 0.0906. The van der Waals surface area contributed by atoms with Gasteiger partial charge in [-0.25, -0.2) is 4.79 Å². The number of rotatable bonds is 3. The minimum absolute atomic E-state index is 0.0449. The number of hydrogen-bond acceptors (Lipinski definition) is 4. The Kier molecular flexibility index (Phi) is 4.37. The predicted octanol–water partition coefficient (Wildman–Crippen LogP) is 3.11. The fourth-order valence-electron chi connectivity index (χ4n) is 3.21. The van der Waals surface area contributed by atoms with Gasteiger partial charge in [-0.3, -0.25) is 4.79 Å². The van der Waals surface area contributed by atoms with Crippen molar-refractivity contribution in [3.05, 3.63) is 40.2 Å². The molecule has 1 heterocycles. The Morgan fingerprint density at radius 2 is 2.09 bits per heavy atom. The van der Waals surface area contributed by atoms with Gasteiger partial charge in [0.15, 0.2) is 11.3 Å². The third kappa shape index (κ3) is 3.09. The molecule has 1 aromatic heterocycles. The van der Waals surface area contributed by atoms with E-state index in [2.05, 4.69) is 12.2 Å². The molecule has 1 N–H and O–H groups in total. The van der Waals surface area contributed by atoms with Crippen molar-refractivity contribution in [3.8, 4) is 5.75 Å². The van der Waals surface area contributed by atoms with E-state index in [0.29, 0.717) is 22.6 Å². The van der Waals surface area contributed by atoms with E-state index in [9.17, 15) is 9.59 Å². The van der Waals surface area contributed by atoms with E-state index in [0.717, 1.165) is 19.3 Å². The quantitative estimate of drug-likeness (QED) is 0.884. The van der Waals surface area contributed by atoms with Gasteiger partial charge in [-0.1, -0.05) is 31.9 Å². The van der Waals surface area contributed by atoms with Gasteiger partial charge in [0, 0.05) is 11.4 Å². The summed E-state index contributed by atoms with van der Waals surface area (Å²) in [6, 6.07) is 7.00. The summed E-state index contributed by atoms with van der Waals surface area (Å²) in [6.07, 6.45) is 4.37. The summed E-state index contributed by atoms with van der Waals surface area (Å²) in [4.78, 5) is 24.7. The summed E-state index contributed by atoms with van der Waals surface area (Å²) >= 11 is 0. The lowest BCUT2D eigenvalue weighted by atomic mass is 9.86. The average molecular weight is 315 g/mol. The van der Waals surface area contributed by atoms with Crippen molar-refractivity contribution < 1.29 is 13.9 Å². The van der Waals surface area contributed by atoms with Crippen molar-refractivity contribution >= 4 is 16.9 Å². The second-order valence-corrected chi connectivity index (χ2v) is 6.17. The molecule has 122 valence electrons. The van der Waals surface area contributed by atoms with Crippen LogP contribution in [0.1, 0.15) is 43.0 Å². The van der Waals surface area contributed by atoms with Crippen molar-refractivity contribution in [1.29, 1.82) is 0 Å². The van der Waals surface area contributed by atoms with Gasteiger partial charge in [0.25, 0.3) is 5.91 Å². The Balaban J connectivity index is 1.91. The highest BCUT2D eigenvalue weighted by atomic mass is 16.5. The van der Waals surface area contributed by atoms with Crippen molar-refractivity contribution in [2.75, 3.05) is 7.11 Å². The highest BCUT2D eigenvalue weighted by Crippen LogP contribution is 2.26. The zero-order valence-corrected chi connectivity index (χ0v) is 13.4. The molecule has 3 rings (SSSR count). The molecule has 1 aromatic carbocycles. The molecule has 2 aromatic rings. The molecule has 0 spiro atoms. The van der Waals surface area contributed by atoms with Crippen molar-refractivity contribution in [2.45, 2.75) is 38.6 Å². The largest absolute Gasteiger partial charge is 0.493 e. The van der Waals surface area contributed by atoms with Crippen LogP contribution in [0.15, 0.2) is 33.5 Å². The van der Waals surface area contributed by atoms with Crippen LogP contribution in [0.4, 0.5) is 0 Å². The second-order valence-electron chi connectivity index (χ2n) is 6.17. The highest BCUT2D eigenvalue weighted by molar-refractivity contribution is 5.97. The number of ether oxygens (including phenoxy) is 1. The number of hydrogen-bond donors (Lipinski definition) is 1. The normalized spacial score (nSPS) is 21.1. The molecular formula is C18H21NO4. The summed E-state index contributed by atoms with van der Waals surface area (Å²) in [7, 11) is 1.51. The number of benzene rings is 1. The molecule has 1 aliphatic carbocycles. The lowest BCUT2D eigenvalue weighted by Crippen LogP contribution is -2.42. The maximum Gasteiger partial charge on any atom is 0.349 e. The molecule has 5 nitrogen and oxygen atoms in total. The fraction of sp³-hybridized carbons (Fsp3) is 0.444. The van der Waals surface area contributed by atoms with Gasteiger partial charge in [-0.2, -0.15) is 0 Å². The van der Waals surface area contributed by atoms with E-state index < -0.39 is 5.63 Å². The second kappa shape index (κ2) is 6.44. The van der Waals surface area contributed by atoms with Crippen LogP contribution in [-0.2, 0) is 0 Å². The van der Waals surface area contributed by atoms with Gasteiger partial charge < -0.3 is 14.5 Å². The Bertz CT molecular complexity index is 780.